The summed E-state index contributed by atoms with van der Waals surface area (Å²) in [5.41, 5.74) is 0.682. The lowest BCUT2D eigenvalue weighted by Gasteiger charge is -2.05. The highest BCUT2D eigenvalue weighted by molar-refractivity contribution is 9.10. The molecule has 1 aromatic heterocycles. The Labute approximate surface area is 129 Å². The maximum Gasteiger partial charge on any atom is 0.251 e. The van der Waals surface area contributed by atoms with Gasteiger partial charge in [-0.1, -0.05) is 33.8 Å². The number of carbonyl (C=O) groups is 1. The molecule has 0 radical (unpaired) electrons. The number of nitrogens with zero attached hydrogens (tertiary/aromatic N) is 1. The molecule has 1 heterocycles. The van der Waals surface area contributed by atoms with Crippen LogP contribution in [-0.4, -0.2) is 23.2 Å². The quantitative estimate of drug-likeness (QED) is 0.631. The van der Waals surface area contributed by atoms with Crippen LogP contribution in [0.2, 0.25) is 0 Å². The zero-order valence-electron chi connectivity index (χ0n) is 10.1. The summed E-state index contributed by atoms with van der Waals surface area (Å²) < 4.78 is 2.00. The van der Waals surface area contributed by atoms with Gasteiger partial charge in [0.1, 0.15) is 4.34 Å². The maximum absolute atomic E-state index is 11.8. The van der Waals surface area contributed by atoms with Crippen molar-refractivity contribution in [3.8, 4) is 0 Å². The lowest BCUT2D eigenvalue weighted by atomic mass is 10.2. The van der Waals surface area contributed by atoms with Crippen molar-refractivity contribution < 1.29 is 4.79 Å². The first kappa shape index (κ1) is 14.6. The van der Waals surface area contributed by atoms with E-state index in [9.17, 15) is 4.79 Å². The molecule has 19 heavy (non-hydrogen) atoms. The third-order valence-electron chi connectivity index (χ3n) is 2.33. The van der Waals surface area contributed by atoms with Gasteiger partial charge in [-0.2, -0.15) is 0 Å². The Hall–Kier alpha value is -0.850. The molecule has 1 N–H and O–H groups in total. The third kappa shape index (κ3) is 4.97. The molecule has 0 aliphatic carbocycles. The number of halogens is 1. The number of aromatic nitrogens is 1. The Morgan fingerprint density at radius 1 is 1.47 bits per heavy atom. The average molecular weight is 357 g/mol. The molecular weight excluding hydrogens is 344 g/mol. The Bertz CT molecular complexity index is 531. The third-order valence-corrected chi connectivity index (χ3v) is 4.87. The van der Waals surface area contributed by atoms with Crippen molar-refractivity contribution in [2.45, 2.75) is 10.8 Å². The molecule has 2 aromatic rings. The highest BCUT2D eigenvalue weighted by atomic mass is 79.9. The van der Waals surface area contributed by atoms with E-state index in [-0.39, 0.29) is 5.91 Å². The number of rotatable bonds is 6. The summed E-state index contributed by atoms with van der Waals surface area (Å²) in [4.78, 5) is 16.0. The summed E-state index contributed by atoms with van der Waals surface area (Å²) in [6, 6.07) is 7.39. The molecule has 2 rings (SSSR count). The Balaban J connectivity index is 1.67. The summed E-state index contributed by atoms with van der Waals surface area (Å²) in [5, 5.41) is 4.89. The van der Waals surface area contributed by atoms with Crippen LogP contribution < -0.4 is 5.32 Å². The van der Waals surface area contributed by atoms with E-state index in [4.69, 9.17) is 0 Å². The second-order valence-corrected chi connectivity index (χ2v) is 6.92. The fourth-order valence-corrected chi connectivity index (χ4v) is 3.49. The van der Waals surface area contributed by atoms with E-state index in [1.807, 2.05) is 35.8 Å². The van der Waals surface area contributed by atoms with Crippen LogP contribution in [0, 0.1) is 0 Å². The van der Waals surface area contributed by atoms with Gasteiger partial charge in [0.2, 0.25) is 0 Å². The molecule has 0 saturated heterocycles. The zero-order valence-corrected chi connectivity index (χ0v) is 13.4. The highest BCUT2D eigenvalue weighted by Crippen LogP contribution is 2.20. The predicted octanol–water partition coefficient (Wildman–Crippen LogP) is 3.82. The van der Waals surface area contributed by atoms with E-state index in [0.29, 0.717) is 12.1 Å². The van der Waals surface area contributed by atoms with Gasteiger partial charge in [-0.05, 0) is 24.6 Å². The van der Waals surface area contributed by atoms with Crippen LogP contribution in [0.5, 0.6) is 0 Å². The molecule has 0 atom stereocenters. The number of hydrogen-bond donors (Lipinski definition) is 1. The van der Waals surface area contributed by atoms with Crippen molar-refractivity contribution in [1.29, 1.82) is 0 Å². The average Bonchev–Trinajstić information content (AvgIpc) is 2.91. The largest absolute Gasteiger partial charge is 0.352 e. The van der Waals surface area contributed by atoms with E-state index >= 15 is 0 Å². The second kappa shape index (κ2) is 7.67. The SMILES string of the molecule is O=C(NCCCSc1nccs1)c1cccc(Br)c1. The van der Waals surface area contributed by atoms with Gasteiger partial charge in [0.05, 0.1) is 0 Å². The van der Waals surface area contributed by atoms with Crippen molar-refractivity contribution in [2.24, 2.45) is 0 Å². The normalized spacial score (nSPS) is 10.4. The first-order valence-electron chi connectivity index (χ1n) is 5.82. The molecule has 0 aliphatic heterocycles. The van der Waals surface area contributed by atoms with Crippen LogP contribution in [0.4, 0.5) is 0 Å². The smallest absolute Gasteiger partial charge is 0.251 e. The van der Waals surface area contributed by atoms with Crippen LogP contribution in [0.3, 0.4) is 0 Å². The molecule has 0 spiro atoms. The molecule has 0 saturated carbocycles. The molecule has 1 amide bonds. The number of thioether (sulfide) groups is 1. The van der Waals surface area contributed by atoms with Crippen LogP contribution in [-0.2, 0) is 0 Å². The lowest BCUT2D eigenvalue weighted by molar-refractivity contribution is 0.0953. The van der Waals surface area contributed by atoms with Gasteiger partial charge < -0.3 is 5.32 Å². The molecule has 0 bridgehead atoms. The van der Waals surface area contributed by atoms with Crippen LogP contribution in [0.1, 0.15) is 16.8 Å². The number of carbonyl (C=O) groups excluding carboxylic acids is 1. The summed E-state index contributed by atoms with van der Waals surface area (Å²) in [6.07, 6.45) is 2.74. The first-order chi connectivity index (χ1) is 9.25. The summed E-state index contributed by atoms with van der Waals surface area (Å²) in [6.45, 7) is 0.684. The van der Waals surface area contributed by atoms with Gasteiger partial charge >= 0.3 is 0 Å². The summed E-state index contributed by atoms with van der Waals surface area (Å²) in [7, 11) is 0. The zero-order chi connectivity index (χ0) is 13.5. The van der Waals surface area contributed by atoms with Crippen molar-refractivity contribution in [3.63, 3.8) is 0 Å². The number of amides is 1. The van der Waals surface area contributed by atoms with E-state index in [1.165, 1.54) is 0 Å². The number of benzene rings is 1. The first-order valence-corrected chi connectivity index (χ1v) is 8.47. The molecule has 6 heteroatoms. The summed E-state index contributed by atoms with van der Waals surface area (Å²) in [5.74, 6) is 0.937. The lowest BCUT2D eigenvalue weighted by Crippen LogP contribution is -2.24. The van der Waals surface area contributed by atoms with E-state index in [2.05, 4.69) is 26.2 Å². The number of hydrogen-bond acceptors (Lipinski definition) is 4. The molecule has 0 fully saturated rings. The van der Waals surface area contributed by atoms with Gasteiger partial charge in [-0.3, -0.25) is 4.79 Å². The van der Waals surface area contributed by atoms with E-state index in [1.54, 1.807) is 23.1 Å². The minimum atomic E-state index is -0.0273. The number of nitrogens with one attached hydrogen (secondary N) is 1. The molecular formula is C13H13BrN2OS2. The molecule has 100 valence electrons. The predicted molar refractivity (Wildman–Crippen MR) is 83.9 cm³/mol. The molecule has 1 aromatic carbocycles. The van der Waals surface area contributed by atoms with E-state index < -0.39 is 0 Å². The van der Waals surface area contributed by atoms with Crippen LogP contribution in [0.15, 0.2) is 44.7 Å². The number of thiazole rings is 1. The Morgan fingerprint density at radius 3 is 3.11 bits per heavy atom. The van der Waals surface area contributed by atoms with Gasteiger partial charge in [-0.15, -0.1) is 11.3 Å². The van der Waals surface area contributed by atoms with Crippen molar-refractivity contribution in [2.75, 3.05) is 12.3 Å². The Kier molecular flexibility index (Phi) is 5.88. The van der Waals surface area contributed by atoms with E-state index in [0.717, 1.165) is 21.0 Å². The summed E-state index contributed by atoms with van der Waals surface area (Å²) >= 11 is 6.73. The fraction of sp³-hybridized carbons (Fsp3) is 0.231. The van der Waals surface area contributed by atoms with Gasteiger partial charge in [-0.25, -0.2) is 4.98 Å². The maximum atomic E-state index is 11.8. The molecule has 0 unspecified atom stereocenters. The second-order valence-electron chi connectivity index (χ2n) is 3.77. The highest BCUT2D eigenvalue weighted by Gasteiger charge is 2.04. The minimum absolute atomic E-state index is 0.0273. The van der Waals surface area contributed by atoms with Gasteiger partial charge in [0, 0.05) is 33.9 Å². The topological polar surface area (TPSA) is 42.0 Å². The van der Waals surface area contributed by atoms with Crippen molar-refractivity contribution in [1.82, 2.24) is 10.3 Å². The van der Waals surface area contributed by atoms with Crippen LogP contribution in [0.25, 0.3) is 0 Å². The molecule has 0 aliphatic rings. The molecule has 3 nitrogen and oxygen atoms in total. The van der Waals surface area contributed by atoms with Crippen molar-refractivity contribution in [3.05, 3.63) is 45.9 Å². The standard InChI is InChI=1S/C13H13BrN2OS2/c14-11-4-1-3-10(9-11)12(17)15-5-2-7-18-13-16-6-8-19-13/h1,3-4,6,8-9H,2,5,7H2,(H,15,17). The minimum Gasteiger partial charge on any atom is -0.352 e. The monoisotopic (exact) mass is 356 g/mol. The van der Waals surface area contributed by atoms with Gasteiger partial charge in [0.25, 0.3) is 5.91 Å². The fourth-order valence-electron chi connectivity index (χ4n) is 1.45. The Morgan fingerprint density at radius 2 is 2.37 bits per heavy atom. The van der Waals surface area contributed by atoms with Crippen LogP contribution >= 0.6 is 39.0 Å². The van der Waals surface area contributed by atoms with Crippen molar-refractivity contribution >= 4 is 44.9 Å². The van der Waals surface area contributed by atoms with Gasteiger partial charge in [0.15, 0.2) is 0 Å².